The molecule has 1 unspecified atom stereocenters. The van der Waals surface area contributed by atoms with E-state index >= 15 is 0 Å². The van der Waals surface area contributed by atoms with Gasteiger partial charge in [0, 0.05) is 13.1 Å². The van der Waals surface area contributed by atoms with Crippen molar-refractivity contribution in [3.05, 3.63) is 48.4 Å². The van der Waals surface area contributed by atoms with E-state index in [1.54, 1.807) is 32.4 Å². The summed E-state index contributed by atoms with van der Waals surface area (Å²) >= 11 is 0. The summed E-state index contributed by atoms with van der Waals surface area (Å²) in [6.07, 6.45) is 2.35. The van der Waals surface area contributed by atoms with E-state index in [0.29, 0.717) is 24.9 Å². The minimum Gasteiger partial charge on any atom is -0.497 e. The molecule has 148 valence electrons. The van der Waals surface area contributed by atoms with Crippen molar-refractivity contribution in [3.63, 3.8) is 0 Å². The third-order valence-corrected chi connectivity index (χ3v) is 3.88. The Balaban J connectivity index is 1.74. The Kier molecular flexibility index (Phi) is 8.00. The van der Waals surface area contributed by atoms with Crippen LogP contribution in [0.25, 0.3) is 0 Å². The summed E-state index contributed by atoms with van der Waals surface area (Å²) in [5.74, 6) is 2.76. The van der Waals surface area contributed by atoms with Gasteiger partial charge in [-0.25, -0.2) is 4.99 Å². The number of nitrogens with zero attached hydrogens (tertiary/aromatic N) is 1. The Morgan fingerprint density at radius 3 is 2.56 bits per heavy atom. The molecule has 1 aromatic carbocycles. The van der Waals surface area contributed by atoms with Gasteiger partial charge in [0.15, 0.2) is 5.96 Å². The van der Waals surface area contributed by atoms with E-state index in [0.717, 1.165) is 24.5 Å². The molecule has 1 heterocycles. The van der Waals surface area contributed by atoms with Gasteiger partial charge < -0.3 is 29.6 Å². The lowest BCUT2D eigenvalue weighted by Gasteiger charge is -2.19. The molecule has 0 spiro atoms. The largest absolute Gasteiger partial charge is 0.497 e. The van der Waals surface area contributed by atoms with Crippen molar-refractivity contribution in [2.45, 2.75) is 25.9 Å². The number of benzene rings is 1. The number of hydrogen-bond donors (Lipinski definition) is 3. The quantitative estimate of drug-likeness (QED) is 0.336. The Bertz CT molecular complexity index is 682. The molecule has 1 atom stereocenters. The molecule has 0 radical (unpaired) electrons. The second-order valence-electron chi connectivity index (χ2n) is 6.25. The molecule has 0 aliphatic heterocycles. The van der Waals surface area contributed by atoms with Gasteiger partial charge in [-0.3, -0.25) is 0 Å². The number of hydrogen-bond acceptors (Lipinski definition) is 5. The zero-order valence-corrected chi connectivity index (χ0v) is 16.2. The number of rotatable bonds is 10. The van der Waals surface area contributed by atoms with Gasteiger partial charge in [0.25, 0.3) is 0 Å². The lowest BCUT2D eigenvalue weighted by molar-refractivity contribution is 0.0437. The number of ether oxygens (including phenoxy) is 2. The Morgan fingerprint density at radius 1 is 1.19 bits per heavy atom. The van der Waals surface area contributed by atoms with Crippen molar-refractivity contribution < 1.29 is 19.0 Å². The van der Waals surface area contributed by atoms with Crippen LogP contribution in [0.4, 0.5) is 0 Å². The number of guanidine groups is 1. The highest BCUT2D eigenvalue weighted by Crippen LogP contribution is 2.21. The Morgan fingerprint density at radius 2 is 1.93 bits per heavy atom. The molecule has 2 rings (SSSR count). The summed E-state index contributed by atoms with van der Waals surface area (Å²) in [5, 5.41) is 16.9. The molecule has 0 saturated carbocycles. The molecule has 1 aromatic heterocycles. The number of aliphatic hydroxyl groups is 1. The van der Waals surface area contributed by atoms with Gasteiger partial charge in [0.1, 0.15) is 22.9 Å². The van der Waals surface area contributed by atoms with Gasteiger partial charge in [-0.1, -0.05) is 0 Å². The fourth-order valence-corrected chi connectivity index (χ4v) is 2.38. The molecule has 0 aliphatic rings. The monoisotopic (exact) mass is 375 g/mol. The Hall–Kier alpha value is -2.67. The summed E-state index contributed by atoms with van der Waals surface area (Å²) < 4.78 is 16.1. The standard InChI is InChI=1S/C20H29N3O4/c1-4-21-19(23-15-20(2,24)18-7-5-13-27-18)22-12-6-14-26-17-10-8-16(25-3)9-11-17/h5,7-11,13,24H,4,6,12,14-15H2,1-3H3,(H2,21,22,23). The molecular weight excluding hydrogens is 346 g/mol. The van der Waals surface area contributed by atoms with Crippen LogP contribution in [0, 0.1) is 0 Å². The average Bonchev–Trinajstić information content (AvgIpc) is 3.22. The minimum absolute atomic E-state index is 0.193. The van der Waals surface area contributed by atoms with Crippen molar-refractivity contribution in [3.8, 4) is 11.5 Å². The fraction of sp³-hybridized carbons (Fsp3) is 0.450. The molecular formula is C20H29N3O4. The number of methoxy groups -OCH3 is 1. The number of furan rings is 1. The summed E-state index contributed by atoms with van der Waals surface area (Å²) in [6, 6.07) is 11.0. The Labute approximate surface area is 160 Å². The highest BCUT2D eigenvalue weighted by atomic mass is 16.5. The van der Waals surface area contributed by atoms with Gasteiger partial charge in [-0.2, -0.15) is 0 Å². The van der Waals surface area contributed by atoms with Gasteiger partial charge in [0.2, 0.25) is 0 Å². The van der Waals surface area contributed by atoms with Crippen molar-refractivity contribution in [2.24, 2.45) is 4.99 Å². The normalized spacial score (nSPS) is 13.7. The number of aliphatic imine (C=N–C) groups is 1. The van der Waals surface area contributed by atoms with Crippen LogP contribution in [0.5, 0.6) is 11.5 Å². The first-order valence-corrected chi connectivity index (χ1v) is 9.10. The second kappa shape index (κ2) is 10.5. The molecule has 0 aliphatic carbocycles. The van der Waals surface area contributed by atoms with Gasteiger partial charge >= 0.3 is 0 Å². The average molecular weight is 375 g/mol. The maximum absolute atomic E-state index is 10.5. The molecule has 7 heteroatoms. The smallest absolute Gasteiger partial charge is 0.191 e. The summed E-state index contributed by atoms with van der Waals surface area (Å²) in [7, 11) is 1.64. The SMILES string of the molecule is CCNC(=NCC(C)(O)c1ccco1)NCCCOc1ccc(OC)cc1. The molecule has 27 heavy (non-hydrogen) atoms. The van der Waals surface area contributed by atoms with E-state index in [4.69, 9.17) is 13.9 Å². The van der Waals surface area contributed by atoms with E-state index in [-0.39, 0.29) is 6.54 Å². The van der Waals surface area contributed by atoms with Crippen molar-refractivity contribution in [2.75, 3.05) is 33.4 Å². The molecule has 2 aromatic rings. The molecule has 0 fully saturated rings. The zero-order chi connectivity index (χ0) is 19.5. The lowest BCUT2D eigenvalue weighted by Crippen LogP contribution is -2.39. The van der Waals surface area contributed by atoms with Crippen LogP contribution in [-0.2, 0) is 5.60 Å². The van der Waals surface area contributed by atoms with E-state index in [1.165, 1.54) is 0 Å². The molecule has 3 N–H and O–H groups in total. The molecule has 7 nitrogen and oxygen atoms in total. The van der Waals surface area contributed by atoms with E-state index in [2.05, 4.69) is 15.6 Å². The first-order valence-electron chi connectivity index (χ1n) is 9.10. The van der Waals surface area contributed by atoms with Crippen LogP contribution in [-0.4, -0.2) is 44.4 Å². The van der Waals surface area contributed by atoms with Gasteiger partial charge in [-0.15, -0.1) is 0 Å². The topological polar surface area (TPSA) is 88.3 Å². The van der Waals surface area contributed by atoms with Crippen molar-refractivity contribution in [1.82, 2.24) is 10.6 Å². The molecule has 0 amide bonds. The molecule has 0 saturated heterocycles. The first kappa shape index (κ1) is 20.6. The highest BCUT2D eigenvalue weighted by molar-refractivity contribution is 5.79. The van der Waals surface area contributed by atoms with Crippen LogP contribution in [0.2, 0.25) is 0 Å². The maximum Gasteiger partial charge on any atom is 0.191 e. The van der Waals surface area contributed by atoms with Crippen molar-refractivity contribution in [1.29, 1.82) is 0 Å². The third kappa shape index (κ3) is 6.86. The summed E-state index contributed by atoms with van der Waals surface area (Å²) in [5.41, 5.74) is -1.15. The third-order valence-electron chi connectivity index (χ3n) is 3.88. The maximum atomic E-state index is 10.5. The second-order valence-corrected chi connectivity index (χ2v) is 6.25. The predicted molar refractivity (Wildman–Crippen MR) is 105 cm³/mol. The first-order chi connectivity index (χ1) is 13.0. The number of nitrogens with one attached hydrogen (secondary N) is 2. The van der Waals surface area contributed by atoms with Crippen LogP contribution < -0.4 is 20.1 Å². The van der Waals surface area contributed by atoms with Gasteiger partial charge in [-0.05, 0) is 56.7 Å². The van der Waals surface area contributed by atoms with Gasteiger partial charge in [0.05, 0.1) is 26.5 Å². The van der Waals surface area contributed by atoms with Crippen LogP contribution >= 0.6 is 0 Å². The lowest BCUT2D eigenvalue weighted by atomic mass is 10.0. The minimum atomic E-state index is -1.15. The predicted octanol–water partition coefficient (Wildman–Crippen LogP) is 2.52. The van der Waals surface area contributed by atoms with Crippen LogP contribution in [0.3, 0.4) is 0 Å². The highest BCUT2D eigenvalue weighted by Gasteiger charge is 2.25. The fourth-order valence-electron chi connectivity index (χ4n) is 2.38. The van der Waals surface area contributed by atoms with E-state index < -0.39 is 5.60 Å². The summed E-state index contributed by atoms with van der Waals surface area (Å²) in [4.78, 5) is 4.45. The van der Waals surface area contributed by atoms with Crippen LogP contribution in [0.15, 0.2) is 52.1 Å². The zero-order valence-electron chi connectivity index (χ0n) is 16.2. The van der Waals surface area contributed by atoms with E-state index in [1.807, 2.05) is 31.2 Å². The van der Waals surface area contributed by atoms with E-state index in [9.17, 15) is 5.11 Å². The van der Waals surface area contributed by atoms with Crippen molar-refractivity contribution >= 4 is 5.96 Å². The van der Waals surface area contributed by atoms with Crippen LogP contribution in [0.1, 0.15) is 26.0 Å². The summed E-state index contributed by atoms with van der Waals surface area (Å²) in [6.45, 7) is 5.89. The molecule has 0 bridgehead atoms.